The maximum absolute atomic E-state index is 10.6. The number of likely N-dealkylation sites (N-methyl/N-ethyl adjacent to an activating group) is 1. The van der Waals surface area contributed by atoms with Gasteiger partial charge in [0.05, 0.1) is 11.1 Å². The van der Waals surface area contributed by atoms with Gasteiger partial charge in [0.1, 0.15) is 0 Å². The van der Waals surface area contributed by atoms with Crippen molar-refractivity contribution in [2.75, 3.05) is 32.1 Å². The zero-order valence-corrected chi connectivity index (χ0v) is 9.83. The van der Waals surface area contributed by atoms with Gasteiger partial charge in [0.2, 0.25) is 0 Å². The lowest BCUT2D eigenvalue weighted by molar-refractivity contribution is 0.112. The molecule has 5 heteroatoms. The van der Waals surface area contributed by atoms with Crippen molar-refractivity contribution in [1.29, 1.82) is 0 Å². The maximum Gasteiger partial charge on any atom is 0.185 e. The van der Waals surface area contributed by atoms with Crippen molar-refractivity contribution in [3.63, 3.8) is 0 Å². The first-order valence-electron chi connectivity index (χ1n) is 5.03. The van der Waals surface area contributed by atoms with Crippen molar-refractivity contribution in [3.8, 4) is 0 Å². The molecule has 0 N–H and O–H groups in total. The average Bonchev–Trinajstić information content (AvgIpc) is 2.86. The van der Waals surface area contributed by atoms with E-state index < -0.39 is 0 Å². The minimum absolute atomic E-state index is 0.605. The number of hydrogen-bond acceptors (Lipinski definition) is 5. The summed E-state index contributed by atoms with van der Waals surface area (Å²) in [4.78, 5) is 20.0. The molecule has 1 aliphatic rings. The van der Waals surface area contributed by atoms with Gasteiger partial charge in [0.25, 0.3) is 0 Å². The molecule has 0 radical (unpaired) electrons. The molecule has 0 spiro atoms. The van der Waals surface area contributed by atoms with Crippen molar-refractivity contribution < 1.29 is 4.79 Å². The lowest BCUT2D eigenvalue weighted by Crippen LogP contribution is -2.31. The number of aldehydes is 1. The Morgan fingerprint density at radius 3 is 3.00 bits per heavy atom. The third-order valence-electron chi connectivity index (χ3n) is 2.79. The normalized spacial score (nSPS) is 21.3. The van der Waals surface area contributed by atoms with Gasteiger partial charge < -0.3 is 9.80 Å². The summed E-state index contributed by atoms with van der Waals surface area (Å²) in [5, 5.41) is 0.974. The first-order valence-corrected chi connectivity index (χ1v) is 5.84. The number of aromatic nitrogens is 1. The van der Waals surface area contributed by atoms with Crippen LogP contribution in [0, 0.1) is 0 Å². The molecule has 0 amide bonds. The zero-order valence-electron chi connectivity index (χ0n) is 9.01. The van der Waals surface area contributed by atoms with Crippen LogP contribution in [0.3, 0.4) is 0 Å². The van der Waals surface area contributed by atoms with Crippen LogP contribution in [-0.4, -0.2) is 49.4 Å². The molecule has 2 heterocycles. The quantitative estimate of drug-likeness (QED) is 0.722. The minimum atomic E-state index is 0.605. The van der Waals surface area contributed by atoms with E-state index in [1.54, 1.807) is 6.20 Å². The largest absolute Gasteiger partial charge is 0.346 e. The Morgan fingerprint density at radius 2 is 2.47 bits per heavy atom. The van der Waals surface area contributed by atoms with Gasteiger partial charge in [-0.15, -0.1) is 0 Å². The minimum Gasteiger partial charge on any atom is -0.346 e. The number of carbonyl (C=O) groups is 1. The van der Waals surface area contributed by atoms with Gasteiger partial charge in [-0.3, -0.25) is 4.79 Å². The van der Waals surface area contributed by atoms with Crippen LogP contribution in [0.1, 0.15) is 16.1 Å². The Kier molecular flexibility index (Phi) is 3.02. The highest BCUT2D eigenvalue weighted by molar-refractivity contribution is 7.17. The molecule has 1 atom stereocenters. The highest BCUT2D eigenvalue weighted by Gasteiger charge is 2.25. The lowest BCUT2D eigenvalue weighted by Gasteiger charge is -2.19. The molecule has 1 aliphatic heterocycles. The van der Waals surface area contributed by atoms with E-state index in [0.29, 0.717) is 10.9 Å². The summed E-state index contributed by atoms with van der Waals surface area (Å²) in [6.07, 6.45) is 3.68. The molecule has 4 nitrogen and oxygen atoms in total. The summed E-state index contributed by atoms with van der Waals surface area (Å²) in [7, 11) is 4.21. The number of thiazole rings is 1. The molecule has 0 saturated carbocycles. The standard InChI is InChI=1S/C10H15N3OS/c1-12(2)8-3-4-13(6-8)10-11-5-9(7-14)15-10/h5,7-8H,3-4,6H2,1-2H3. The van der Waals surface area contributed by atoms with Gasteiger partial charge in [-0.25, -0.2) is 4.98 Å². The van der Waals surface area contributed by atoms with Gasteiger partial charge in [-0.05, 0) is 20.5 Å². The molecule has 1 aromatic rings. The molecule has 2 rings (SSSR count). The Bertz CT molecular complexity index is 350. The number of nitrogens with zero attached hydrogens (tertiary/aromatic N) is 3. The number of hydrogen-bond donors (Lipinski definition) is 0. The first-order chi connectivity index (χ1) is 7.20. The molecule has 15 heavy (non-hydrogen) atoms. The smallest absolute Gasteiger partial charge is 0.185 e. The molecule has 1 saturated heterocycles. The topological polar surface area (TPSA) is 36.4 Å². The van der Waals surface area contributed by atoms with Gasteiger partial charge in [-0.1, -0.05) is 11.3 Å². The predicted octanol–water partition coefficient (Wildman–Crippen LogP) is 1.10. The fraction of sp³-hybridized carbons (Fsp3) is 0.600. The molecule has 82 valence electrons. The summed E-state index contributed by atoms with van der Waals surface area (Å²) in [5.41, 5.74) is 0. The lowest BCUT2D eigenvalue weighted by atomic mass is 10.2. The summed E-state index contributed by atoms with van der Waals surface area (Å²) < 4.78 is 0. The molecule has 1 fully saturated rings. The highest BCUT2D eigenvalue weighted by Crippen LogP contribution is 2.25. The third-order valence-corrected chi connectivity index (χ3v) is 3.78. The Balaban J connectivity index is 2.04. The highest BCUT2D eigenvalue weighted by atomic mass is 32.1. The van der Waals surface area contributed by atoms with Crippen LogP contribution in [0.4, 0.5) is 5.13 Å². The van der Waals surface area contributed by atoms with E-state index in [1.807, 2.05) is 0 Å². The molecule has 0 bridgehead atoms. The van der Waals surface area contributed by atoms with Gasteiger partial charge in [0, 0.05) is 19.1 Å². The van der Waals surface area contributed by atoms with Crippen molar-refractivity contribution in [2.24, 2.45) is 0 Å². The van der Waals surface area contributed by atoms with E-state index in [4.69, 9.17) is 0 Å². The van der Waals surface area contributed by atoms with Crippen LogP contribution in [0.25, 0.3) is 0 Å². The maximum atomic E-state index is 10.6. The predicted molar refractivity (Wildman–Crippen MR) is 61.8 cm³/mol. The Labute approximate surface area is 93.5 Å². The van der Waals surface area contributed by atoms with Crippen LogP contribution in [0.15, 0.2) is 6.20 Å². The Hall–Kier alpha value is -0.940. The molecule has 1 aromatic heterocycles. The molecular weight excluding hydrogens is 210 g/mol. The third kappa shape index (κ3) is 2.18. The summed E-state index contributed by atoms with van der Waals surface area (Å²) >= 11 is 1.47. The fourth-order valence-corrected chi connectivity index (χ4v) is 2.58. The second-order valence-corrected chi connectivity index (χ2v) is 5.06. The summed E-state index contributed by atoms with van der Waals surface area (Å²) in [5.74, 6) is 0. The first kappa shape index (κ1) is 10.6. The average molecular weight is 225 g/mol. The van der Waals surface area contributed by atoms with E-state index in [1.165, 1.54) is 17.8 Å². The molecular formula is C10H15N3OS. The van der Waals surface area contributed by atoms with Crippen molar-refractivity contribution in [2.45, 2.75) is 12.5 Å². The molecule has 0 aliphatic carbocycles. The van der Waals surface area contributed by atoms with Gasteiger partial charge in [-0.2, -0.15) is 0 Å². The van der Waals surface area contributed by atoms with Crippen LogP contribution < -0.4 is 4.90 Å². The van der Waals surface area contributed by atoms with Gasteiger partial charge >= 0.3 is 0 Å². The van der Waals surface area contributed by atoms with Crippen LogP contribution in [-0.2, 0) is 0 Å². The summed E-state index contributed by atoms with van der Waals surface area (Å²) in [6.45, 7) is 2.05. The van der Waals surface area contributed by atoms with E-state index in [-0.39, 0.29) is 0 Å². The molecule has 1 unspecified atom stereocenters. The second kappa shape index (κ2) is 4.28. The van der Waals surface area contributed by atoms with Gasteiger partial charge in [0.15, 0.2) is 11.4 Å². The zero-order chi connectivity index (χ0) is 10.8. The van der Waals surface area contributed by atoms with Crippen LogP contribution >= 0.6 is 11.3 Å². The summed E-state index contributed by atoms with van der Waals surface area (Å²) in [6, 6.07) is 0.605. The fourth-order valence-electron chi connectivity index (χ4n) is 1.81. The Morgan fingerprint density at radius 1 is 1.67 bits per heavy atom. The number of anilines is 1. The number of rotatable bonds is 3. The van der Waals surface area contributed by atoms with E-state index in [9.17, 15) is 4.79 Å². The van der Waals surface area contributed by atoms with E-state index >= 15 is 0 Å². The van der Waals surface area contributed by atoms with E-state index in [2.05, 4.69) is 28.9 Å². The second-order valence-electron chi connectivity index (χ2n) is 4.02. The van der Waals surface area contributed by atoms with Crippen molar-refractivity contribution in [3.05, 3.63) is 11.1 Å². The van der Waals surface area contributed by atoms with Crippen molar-refractivity contribution in [1.82, 2.24) is 9.88 Å². The monoisotopic (exact) mass is 225 g/mol. The molecule has 0 aromatic carbocycles. The van der Waals surface area contributed by atoms with Crippen molar-refractivity contribution >= 4 is 22.8 Å². The number of carbonyl (C=O) groups excluding carboxylic acids is 1. The SMILES string of the molecule is CN(C)C1CCN(c2ncc(C=O)s2)C1. The van der Waals surface area contributed by atoms with E-state index in [0.717, 1.165) is 24.5 Å². The van der Waals surface area contributed by atoms with Crippen LogP contribution in [0.5, 0.6) is 0 Å². The van der Waals surface area contributed by atoms with Crippen LogP contribution in [0.2, 0.25) is 0 Å².